The van der Waals surface area contributed by atoms with Gasteiger partial charge in [0.1, 0.15) is 0 Å². The van der Waals surface area contributed by atoms with Gasteiger partial charge in [-0.25, -0.2) is 15.0 Å². The summed E-state index contributed by atoms with van der Waals surface area (Å²) < 4.78 is 2.47. The summed E-state index contributed by atoms with van der Waals surface area (Å²) in [5.74, 6) is 1.89. The Morgan fingerprint density at radius 3 is 1.68 bits per heavy atom. The maximum atomic E-state index is 9.28. The second-order valence-corrected chi connectivity index (χ2v) is 16.8. The molecule has 0 saturated heterocycles. The van der Waals surface area contributed by atoms with Crippen LogP contribution in [0.5, 0.6) is 0 Å². The van der Waals surface area contributed by atoms with Crippen molar-refractivity contribution in [3.63, 3.8) is 0 Å². The Hall–Kier alpha value is -8.37. The highest BCUT2D eigenvalue weighted by atomic mass is 32.1. The van der Waals surface area contributed by atoms with E-state index in [2.05, 4.69) is 140 Å². The minimum atomic E-state index is 0.617. The average Bonchev–Trinajstić information content (AvgIpc) is 3.74. The molecule has 0 aliphatic carbocycles. The molecule has 12 aromatic rings. The van der Waals surface area contributed by atoms with Crippen molar-refractivity contribution in [1.29, 1.82) is 5.26 Å². The Morgan fingerprint density at radius 1 is 0.349 bits per heavy atom. The van der Waals surface area contributed by atoms with Crippen molar-refractivity contribution in [2.24, 2.45) is 0 Å². The van der Waals surface area contributed by atoms with E-state index in [0.717, 1.165) is 71.7 Å². The Bertz CT molecular complexity index is 3790. The first kappa shape index (κ1) is 36.5. The second kappa shape index (κ2) is 15.0. The fourth-order valence-corrected chi connectivity index (χ4v) is 10.1. The lowest BCUT2D eigenvalue weighted by atomic mass is 9.88. The van der Waals surface area contributed by atoms with Crippen LogP contribution in [0.1, 0.15) is 5.56 Å². The van der Waals surface area contributed by atoms with Gasteiger partial charge in [-0.1, -0.05) is 146 Å². The zero-order chi connectivity index (χ0) is 41.9. The Kier molecular flexibility index (Phi) is 8.67. The molecule has 6 heteroatoms. The summed E-state index contributed by atoms with van der Waals surface area (Å²) in [6.45, 7) is 0. The second-order valence-electron chi connectivity index (χ2n) is 15.7. The van der Waals surface area contributed by atoms with Gasteiger partial charge in [0.15, 0.2) is 17.5 Å². The molecule has 5 nitrogen and oxygen atoms in total. The van der Waals surface area contributed by atoms with Crippen LogP contribution in [0.3, 0.4) is 0 Å². The van der Waals surface area contributed by atoms with Gasteiger partial charge in [-0.15, -0.1) is 11.3 Å². The van der Waals surface area contributed by atoms with Gasteiger partial charge in [0.25, 0.3) is 0 Å². The van der Waals surface area contributed by atoms with Gasteiger partial charge in [-0.2, -0.15) is 5.26 Å². The maximum Gasteiger partial charge on any atom is 0.164 e. The lowest BCUT2D eigenvalue weighted by molar-refractivity contribution is 1.07. The van der Waals surface area contributed by atoms with E-state index in [4.69, 9.17) is 19.9 Å². The number of thiophene rings is 1. The number of fused-ring (bicyclic) bond motifs is 8. The number of aromatic nitrogens is 4. The molecule has 0 radical (unpaired) electrons. The number of nitriles is 1. The molecule has 63 heavy (non-hydrogen) atoms. The fourth-order valence-electron chi connectivity index (χ4n) is 8.91. The van der Waals surface area contributed by atoms with Gasteiger partial charge in [0.05, 0.1) is 17.1 Å². The zero-order valence-electron chi connectivity index (χ0n) is 33.7. The van der Waals surface area contributed by atoms with E-state index in [9.17, 15) is 5.26 Å². The molecule has 0 atom stereocenters. The summed E-state index contributed by atoms with van der Waals surface area (Å²) in [7, 11) is 0. The maximum absolute atomic E-state index is 9.28. The largest absolute Gasteiger partial charge is 0.256 e. The predicted molar refractivity (Wildman–Crippen MR) is 260 cm³/mol. The molecule has 0 bridgehead atoms. The lowest BCUT2D eigenvalue weighted by Crippen LogP contribution is -2.00. The van der Waals surface area contributed by atoms with E-state index >= 15 is 0 Å². The van der Waals surface area contributed by atoms with Crippen LogP contribution in [0.4, 0.5) is 0 Å². The third-order valence-corrected chi connectivity index (χ3v) is 13.1. The van der Waals surface area contributed by atoms with E-state index in [-0.39, 0.29) is 0 Å². The van der Waals surface area contributed by atoms with Crippen LogP contribution < -0.4 is 0 Å². The smallest absolute Gasteiger partial charge is 0.164 e. The Balaban J connectivity index is 0.993. The summed E-state index contributed by atoms with van der Waals surface area (Å²) in [5, 5.41) is 17.5. The highest BCUT2D eigenvalue weighted by Crippen LogP contribution is 2.42. The molecular formula is C57H33N5S. The summed E-state index contributed by atoms with van der Waals surface area (Å²) in [5.41, 5.74) is 10.9. The van der Waals surface area contributed by atoms with Crippen LogP contribution in [0.15, 0.2) is 200 Å². The van der Waals surface area contributed by atoms with Crippen LogP contribution in [0, 0.1) is 11.3 Å². The number of pyridine rings is 1. The molecule has 3 heterocycles. The first-order chi connectivity index (χ1) is 31.1. The molecule has 0 unspecified atom stereocenters. The van der Waals surface area contributed by atoms with Crippen molar-refractivity contribution in [2.75, 3.05) is 0 Å². The average molecular weight is 820 g/mol. The number of rotatable bonds is 6. The van der Waals surface area contributed by atoms with Crippen LogP contribution in [-0.4, -0.2) is 19.9 Å². The standard InChI is InChI=1S/C57H33N5S/c58-34-35-19-21-36(22-20-35)37-23-25-38(26-24-37)49-33-50-44-15-5-4-14-43(44)48(32-51(50)47-17-9-29-59-54(47)49)40-12-8-13-41(30-40)56-60-55(39-10-2-1-3-11-39)61-57(62-56)42-27-28-46-45-16-6-7-18-52(45)63-53(46)31-42/h1-33H. The van der Waals surface area contributed by atoms with Crippen molar-refractivity contribution < 1.29 is 0 Å². The van der Waals surface area contributed by atoms with Gasteiger partial charge in [-0.3, -0.25) is 4.98 Å². The number of hydrogen-bond donors (Lipinski definition) is 0. The third kappa shape index (κ3) is 6.39. The Morgan fingerprint density at radius 2 is 0.905 bits per heavy atom. The third-order valence-electron chi connectivity index (χ3n) is 12.0. The SMILES string of the molecule is N#Cc1ccc(-c2ccc(-c3cc4c5ccccc5c(-c5cccc(-c6nc(-c7ccccc7)nc(-c7ccc8c(c7)sc7ccccc78)n6)c5)cc4c4cccnc34)cc2)cc1. The molecule has 0 fully saturated rings. The minimum absolute atomic E-state index is 0.617. The lowest BCUT2D eigenvalue weighted by Gasteiger charge is -2.16. The number of hydrogen-bond acceptors (Lipinski definition) is 6. The summed E-state index contributed by atoms with van der Waals surface area (Å²) in [4.78, 5) is 20.3. The van der Waals surface area contributed by atoms with Crippen LogP contribution in [0.25, 0.3) is 120 Å². The van der Waals surface area contributed by atoms with Crippen molar-refractivity contribution >= 4 is 64.0 Å². The molecule has 0 N–H and O–H groups in total. The monoisotopic (exact) mass is 819 g/mol. The molecule has 0 saturated carbocycles. The first-order valence-corrected chi connectivity index (χ1v) is 21.6. The molecule has 9 aromatic carbocycles. The van der Waals surface area contributed by atoms with Crippen molar-refractivity contribution in [3.8, 4) is 73.6 Å². The van der Waals surface area contributed by atoms with Crippen LogP contribution in [-0.2, 0) is 0 Å². The van der Waals surface area contributed by atoms with Crippen LogP contribution >= 0.6 is 11.3 Å². The summed E-state index contributed by atoms with van der Waals surface area (Å²) in [6.07, 6.45) is 1.88. The molecule has 3 aromatic heterocycles. The molecule has 0 amide bonds. The van der Waals surface area contributed by atoms with E-state index in [0.29, 0.717) is 23.0 Å². The van der Waals surface area contributed by atoms with Gasteiger partial charge in [0.2, 0.25) is 0 Å². The summed E-state index contributed by atoms with van der Waals surface area (Å²) >= 11 is 1.79. The molecule has 12 rings (SSSR count). The topological polar surface area (TPSA) is 75.3 Å². The predicted octanol–water partition coefficient (Wildman–Crippen LogP) is 15.0. The van der Waals surface area contributed by atoms with Gasteiger partial charge in [-0.05, 0) is 97.9 Å². The van der Waals surface area contributed by atoms with E-state index in [1.807, 2.05) is 66.9 Å². The highest BCUT2D eigenvalue weighted by Gasteiger charge is 2.18. The zero-order valence-corrected chi connectivity index (χ0v) is 34.5. The van der Waals surface area contributed by atoms with Gasteiger partial charge < -0.3 is 0 Å². The van der Waals surface area contributed by atoms with Crippen molar-refractivity contribution in [3.05, 3.63) is 206 Å². The number of benzene rings is 9. The van der Waals surface area contributed by atoms with Gasteiger partial charge >= 0.3 is 0 Å². The van der Waals surface area contributed by atoms with E-state index < -0.39 is 0 Å². The molecular weight excluding hydrogens is 787 g/mol. The normalized spacial score (nSPS) is 11.5. The fraction of sp³-hybridized carbons (Fsp3) is 0. The molecule has 0 spiro atoms. The van der Waals surface area contributed by atoms with Crippen LogP contribution in [0.2, 0.25) is 0 Å². The first-order valence-electron chi connectivity index (χ1n) is 20.8. The molecule has 0 aliphatic heterocycles. The van der Waals surface area contributed by atoms with E-state index in [1.165, 1.54) is 30.9 Å². The minimum Gasteiger partial charge on any atom is -0.256 e. The summed E-state index contributed by atoms with van der Waals surface area (Å²) in [6, 6.07) is 69.9. The van der Waals surface area contributed by atoms with E-state index in [1.54, 1.807) is 11.3 Å². The number of nitrogens with zero attached hydrogens (tertiary/aromatic N) is 5. The van der Waals surface area contributed by atoms with Gasteiger partial charge in [0, 0.05) is 54.0 Å². The highest BCUT2D eigenvalue weighted by molar-refractivity contribution is 7.25. The quantitative estimate of drug-likeness (QED) is 0.156. The van der Waals surface area contributed by atoms with Crippen molar-refractivity contribution in [1.82, 2.24) is 19.9 Å². The Labute approximate surface area is 366 Å². The molecule has 0 aliphatic rings. The molecule has 292 valence electrons. The van der Waals surface area contributed by atoms with Crippen molar-refractivity contribution in [2.45, 2.75) is 0 Å².